The molecule has 9 heteroatoms. The van der Waals surface area contributed by atoms with Crippen molar-refractivity contribution < 1.29 is 12.8 Å². The van der Waals surface area contributed by atoms with E-state index < -0.39 is 15.8 Å². The second-order valence-electron chi connectivity index (χ2n) is 6.77. The Kier molecular flexibility index (Phi) is 4.15. The minimum atomic E-state index is -3.84. The van der Waals surface area contributed by atoms with Crippen LogP contribution < -0.4 is 5.69 Å². The van der Waals surface area contributed by atoms with Gasteiger partial charge in [-0.3, -0.25) is 9.13 Å². The molecule has 1 aromatic carbocycles. The average molecular weight is 390 g/mol. The number of imidazole rings is 1. The Labute approximate surface area is 155 Å². The Morgan fingerprint density at radius 1 is 1.26 bits per heavy atom. The lowest BCUT2D eigenvalue weighted by atomic mass is 10.2. The number of pyridine rings is 1. The quantitative estimate of drug-likeness (QED) is 0.684. The summed E-state index contributed by atoms with van der Waals surface area (Å²) in [4.78, 5) is 16.9. The van der Waals surface area contributed by atoms with Crippen LogP contribution in [0.5, 0.6) is 0 Å². The minimum Gasteiger partial charge on any atom is -0.293 e. The summed E-state index contributed by atoms with van der Waals surface area (Å²) in [6.45, 7) is 2.05. The second-order valence-corrected chi connectivity index (χ2v) is 8.68. The summed E-state index contributed by atoms with van der Waals surface area (Å²) in [6.07, 6.45) is 2.10. The number of nitrogens with zero attached hydrogens (tertiary/aromatic N) is 4. The van der Waals surface area contributed by atoms with Crippen LogP contribution in [0.2, 0.25) is 0 Å². The number of hydrogen-bond donors (Lipinski definition) is 0. The van der Waals surface area contributed by atoms with Gasteiger partial charge in [0.25, 0.3) is 0 Å². The Morgan fingerprint density at radius 3 is 2.81 bits per heavy atom. The van der Waals surface area contributed by atoms with Gasteiger partial charge in [0.05, 0.1) is 16.5 Å². The monoisotopic (exact) mass is 390 g/mol. The van der Waals surface area contributed by atoms with Gasteiger partial charge < -0.3 is 0 Å². The first-order valence-electron chi connectivity index (χ1n) is 8.59. The summed E-state index contributed by atoms with van der Waals surface area (Å²) >= 11 is 0. The SMILES string of the molecule is Cc1ccc(F)cc1S(=O)(=O)N1CC[C@@H](n2c(=O)n(C)c3cccnc32)C1. The Morgan fingerprint density at radius 2 is 2.04 bits per heavy atom. The number of aromatic nitrogens is 3. The zero-order valence-electron chi connectivity index (χ0n) is 15.0. The minimum absolute atomic E-state index is 0.0356. The van der Waals surface area contributed by atoms with Crippen molar-refractivity contribution in [3.63, 3.8) is 0 Å². The lowest BCUT2D eigenvalue weighted by molar-refractivity contribution is 0.448. The zero-order chi connectivity index (χ0) is 19.3. The summed E-state index contributed by atoms with van der Waals surface area (Å²) in [5.74, 6) is -0.593. The predicted molar refractivity (Wildman–Crippen MR) is 98.5 cm³/mol. The Bertz CT molecular complexity index is 1200. The third-order valence-corrected chi connectivity index (χ3v) is 7.12. The molecule has 4 rings (SSSR count). The highest BCUT2D eigenvalue weighted by Crippen LogP contribution is 2.30. The first-order chi connectivity index (χ1) is 12.8. The van der Waals surface area contributed by atoms with E-state index in [2.05, 4.69) is 4.98 Å². The van der Waals surface area contributed by atoms with Crippen LogP contribution in [0.3, 0.4) is 0 Å². The van der Waals surface area contributed by atoms with E-state index in [0.717, 1.165) is 6.07 Å². The Hall–Kier alpha value is -2.52. The van der Waals surface area contributed by atoms with Gasteiger partial charge in [0.1, 0.15) is 5.82 Å². The van der Waals surface area contributed by atoms with Crippen molar-refractivity contribution in [1.29, 1.82) is 0 Å². The molecule has 0 N–H and O–H groups in total. The summed E-state index contributed by atoms with van der Waals surface area (Å²) in [7, 11) is -2.17. The van der Waals surface area contributed by atoms with E-state index in [1.54, 1.807) is 36.9 Å². The number of hydrogen-bond acceptors (Lipinski definition) is 4. The van der Waals surface area contributed by atoms with Crippen molar-refractivity contribution in [2.24, 2.45) is 7.05 Å². The molecule has 1 aliphatic rings. The number of fused-ring (bicyclic) bond motifs is 1. The number of rotatable bonds is 3. The number of benzene rings is 1. The number of sulfonamides is 1. The van der Waals surface area contributed by atoms with Gasteiger partial charge in [0.15, 0.2) is 5.65 Å². The fourth-order valence-corrected chi connectivity index (χ4v) is 5.38. The molecule has 27 heavy (non-hydrogen) atoms. The average Bonchev–Trinajstić information content (AvgIpc) is 3.22. The molecule has 0 unspecified atom stereocenters. The van der Waals surface area contributed by atoms with Crippen LogP contribution in [-0.2, 0) is 17.1 Å². The Balaban J connectivity index is 1.72. The lowest BCUT2D eigenvalue weighted by Gasteiger charge is -2.18. The van der Waals surface area contributed by atoms with Crippen molar-refractivity contribution in [1.82, 2.24) is 18.4 Å². The summed E-state index contributed by atoms with van der Waals surface area (Å²) in [5, 5.41) is 0. The van der Waals surface area contributed by atoms with Crippen molar-refractivity contribution in [3.8, 4) is 0 Å². The molecule has 3 aromatic rings. The van der Waals surface area contributed by atoms with Crippen LogP contribution in [0.25, 0.3) is 11.2 Å². The maximum atomic E-state index is 13.6. The number of halogens is 1. The van der Waals surface area contributed by atoms with Crippen LogP contribution in [0, 0.1) is 12.7 Å². The van der Waals surface area contributed by atoms with Gasteiger partial charge >= 0.3 is 5.69 Å². The van der Waals surface area contributed by atoms with E-state index >= 15 is 0 Å². The largest absolute Gasteiger partial charge is 0.330 e. The standard InChI is InChI=1S/C18H19FN4O3S/c1-12-5-6-13(19)10-16(12)27(25,26)22-9-7-14(11-22)23-17-15(4-3-8-20-17)21(2)18(23)24/h3-6,8,10,14H,7,9,11H2,1-2H3/t14-/m1/s1. The molecule has 1 fully saturated rings. The molecule has 0 saturated carbocycles. The molecule has 1 saturated heterocycles. The first-order valence-corrected chi connectivity index (χ1v) is 10.0. The molecule has 1 aliphatic heterocycles. The van der Waals surface area contributed by atoms with Crippen LogP contribution >= 0.6 is 0 Å². The molecule has 0 aliphatic carbocycles. The van der Waals surface area contributed by atoms with Gasteiger partial charge in [-0.2, -0.15) is 4.31 Å². The predicted octanol–water partition coefficient (Wildman–Crippen LogP) is 1.82. The molecule has 3 heterocycles. The van der Waals surface area contributed by atoms with Crippen molar-refractivity contribution >= 4 is 21.2 Å². The molecule has 0 radical (unpaired) electrons. The first kappa shape index (κ1) is 17.9. The van der Waals surface area contributed by atoms with Gasteiger partial charge in [-0.25, -0.2) is 22.6 Å². The van der Waals surface area contributed by atoms with E-state index in [1.165, 1.54) is 21.0 Å². The second kappa shape index (κ2) is 6.28. The van der Waals surface area contributed by atoms with E-state index in [4.69, 9.17) is 0 Å². The number of aryl methyl sites for hydroxylation is 2. The molecule has 0 spiro atoms. The van der Waals surface area contributed by atoms with Gasteiger partial charge in [-0.1, -0.05) is 6.07 Å². The van der Waals surface area contributed by atoms with Gasteiger partial charge in [-0.05, 0) is 43.2 Å². The molecular formula is C18H19FN4O3S. The van der Waals surface area contributed by atoms with E-state index in [9.17, 15) is 17.6 Å². The van der Waals surface area contributed by atoms with E-state index in [-0.39, 0.29) is 29.7 Å². The van der Waals surface area contributed by atoms with Gasteiger partial charge in [0.2, 0.25) is 10.0 Å². The summed E-state index contributed by atoms with van der Waals surface area (Å²) in [5.41, 5.74) is 1.50. The molecule has 1 atom stereocenters. The van der Waals surface area contributed by atoms with Crippen LogP contribution in [0.15, 0.2) is 46.2 Å². The molecule has 142 valence electrons. The topological polar surface area (TPSA) is 77.2 Å². The van der Waals surface area contributed by atoms with Gasteiger partial charge in [0, 0.05) is 26.3 Å². The summed E-state index contributed by atoms with van der Waals surface area (Å²) < 4.78 is 44.0. The third-order valence-electron chi connectivity index (χ3n) is 5.11. The molecular weight excluding hydrogens is 371 g/mol. The highest BCUT2D eigenvalue weighted by molar-refractivity contribution is 7.89. The van der Waals surface area contributed by atoms with Crippen LogP contribution in [0.1, 0.15) is 18.0 Å². The molecule has 7 nitrogen and oxygen atoms in total. The zero-order valence-corrected chi connectivity index (χ0v) is 15.8. The normalized spacial score (nSPS) is 18.4. The van der Waals surface area contributed by atoms with E-state index in [1.807, 2.05) is 0 Å². The highest BCUT2D eigenvalue weighted by Gasteiger charge is 2.36. The van der Waals surface area contributed by atoms with Crippen molar-refractivity contribution in [2.45, 2.75) is 24.3 Å². The van der Waals surface area contributed by atoms with Crippen molar-refractivity contribution in [3.05, 3.63) is 58.4 Å². The molecule has 0 amide bonds. The summed E-state index contributed by atoms with van der Waals surface area (Å²) in [6, 6.07) is 6.98. The molecule has 2 aromatic heterocycles. The molecule has 0 bridgehead atoms. The smallest absolute Gasteiger partial charge is 0.293 e. The lowest BCUT2D eigenvalue weighted by Crippen LogP contribution is -2.32. The van der Waals surface area contributed by atoms with Gasteiger partial charge in [-0.15, -0.1) is 0 Å². The maximum Gasteiger partial charge on any atom is 0.330 e. The van der Waals surface area contributed by atoms with Crippen molar-refractivity contribution in [2.75, 3.05) is 13.1 Å². The van der Waals surface area contributed by atoms with Crippen LogP contribution in [0.4, 0.5) is 4.39 Å². The third kappa shape index (κ3) is 2.78. The fraction of sp³-hybridized carbons (Fsp3) is 0.333. The maximum absolute atomic E-state index is 13.6. The highest BCUT2D eigenvalue weighted by atomic mass is 32.2. The van der Waals surface area contributed by atoms with Crippen LogP contribution in [-0.4, -0.2) is 39.9 Å². The fourth-order valence-electron chi connectivity index (χ4n) is 3.65. The van der Waals surface area contributed by atoms with E-state index in [0.29, 0.717) is 23.1 Å².